The third kappa shape index (κ3) is 9.04. The van der Waals surface area contributed by atoms with Crippen molar-refractivity contribution >= 4 is 39.5 Å². The van der Waals surface area contributed by atoms with E-state index < -0.39 is 0 Å². The Hall–Kier alpha value is 1.79. The van der Waals surface area contributed by atoms with Gasteiger partial charge in [-0.05, 0) is 46.8 Å². The van der Waals surface area contributed by atoms with Crippen molar-refractivity contribution in [2.75, 3.05) is 7.05 Å². The Morgan fingerprint density at radius 3 is 2.60 bits per heavy atom. The van der Waals surface area contributed by atoms with Gasteiger partial charge in [0.1, 0.15) is 5.15 Å². The minimum Gasteiger partial charge on any atom is -0.540 e. The summed E-state index contributed by atoms with van der Waals surface area (Å²) in [7, 11) is 1.31. The summed E-state index contributed by atoms with van der Waals surface area (Å²) < 4.78 is 4.35. The molecule has 0 spiro atoms. The number of rotatable bonds is 3. The second kappa shape index (κ2) is 13.2. The van der Waals surface area contributed by atoms with Crippen molar-refractivity contribution in [3.05, 3.63) is 27.4 Å². The maximum Gasteiger partial charge on any atom is 1.00 e. The predicted molar refractivity (Wildman–Crippen MR) is 83.9 cm³/mol. The topological polar surface area (TPSA) is 59.2 Å². The molecule has 0 aliphatic heterocycles. The van der Waals surface area contributed by atoms with Crippen LogP contribution < -0.4 is 56.1 Å². The Morgan fingerprint density at radius 1 is 1.45 bits per heavy atom. The second-order valence-corrected chi connectivity index (χ2v) is 6.32. The third-order valence-corrected chi connectivity index (χ3v) is 4.76. The molecule has 1 aromatic rings. The first kappa shape index (κ1) is 21.8. The van der Waals surface area contributed by atoms with Gasteiger partial charge in [-0.1, -0.05) is 30.9 Å². The normalized spacial score (nSPS) is 15.0. The van der Waals surface area contributed by atoms with Gasteiger partial charge in [0, 0.05) is 17.1 Å². The molecule has 1 fully saturated rings. The van der Waals surface area contributed by atoms with E-state index in [0.29, 0.717) is 11.2 Å². The number of pyridine rings is 1. The Balaban J connectivity index is 0.000000830. The van der Waals surface area contributed by atoms with E-state index in [1.807, 2.05) is 6.07 Å². The van der Waals surface area contributed by atoms with E-state index in [9.17, 15) is 0 Å². The average Bonchev–Trinajstić information content (AvgIpc) is 2.42. The first-order chi connectivity index (χ1) is 9.17. The fourth-order valence-corrected chi connectivity index (χ4v) is 3.26. The molecule has 1 saturated carbocycles. The zero-order chi connectivity index (χ0) is 14.1. The first-order valence-electron chi connectivity index (χ1n) is 6.14. The molecular weight excluding hydrogens is 389 g/mol. The summed E-state index contributed by atoms with van der Waals surface area (Å²) in [4.78, 5) is 5.20. The van der Waals surface area contributed by atoms with E-state index in [4.69, 9.17) is 16.8 Å². The minimum absolute atomic E-state index is 0. The van der Waals surface area contributed by atoms with Crippen LogP contribution in [0.15, 0.2) is 21.6 Å². The van der Waals surface area contributed by atoms with Crippen LogP contribution in [0.1, 0.15) is 32.1 Å². The molecule has 20 heavy (non-hydrogen) atoms. The summed E-state index contributed by atoms with van der Waals surface area (Å²) in [6, 6.07) is 2.64. The van der Waals surface area contributed by atoms with Gasteiger partial charge in [0.05, 0.1) is 4.47 Å². The van der Waals surface area contributed by atoms with Crippen LogP contribution in [-0.4, -0.2) is 23.3 Å². The maximum atomic E-state index is 7.19. The molecule has 0 atom stereocenters. The van der Waals surface area contributed by atoms with Crippen molar-refractivity contribution in [1.29, 1.82) is 0 Å². The van der Waals surface area contributed by atoms with E-state index >= 15 is 0 Å². The van der Waals surface area contributed by atoms with Crippen molar-refractivity contribution in [3.63, 3.8) is 0 Å². The zero-order valence-corrected chi connectivity index (χ0v) is 18.1. The van der Waals surface area contributed by atoms with Crippen LogP contribution in [0.2, 0.25) is 5.15 Å². The van der Waals surface area contributed by atoms with E-state index in [0.717, 1.165) is 9.37 Å². The van der Waals surface area contributed by atoms with Crippen LogP contribution in [0.25, 0.3) is 5.48 Å². The maximum absolute atomic E-state index is 7.19. The molecule has 0 saturated heterocycles. The summed E-state index contributed by atoms with van der Waals surface area (Å²) in [5.41, 5.74) is 2.50. The largest absolute Gasteiger partial charge is 1.00 e. The fraction of sp³-hybridized carbons (Fsp3) is 0.583. The number of nitrogens with zero attached hydrogens (tertiary/aromatic N) is 2. The summed E-state index contributed by atoms with van der Waals surface area (Å²) in [5.74, 6) is 0. The Labute approximate surface area is 180 Å². The van der Waals surface area contributed by atoms with Gasteiger partial charge in [0.2, 0.25) is 0 Å². The Morgan fingerprint density at radius 2 is 2.05 bits per heavy atom. The Kier molecular flexibility index (Phi) is 14.4. The molecule has 0 radical (unpaired) electrons. The smallest absolute Gasteiger partial charge is 0.540 e. The molecule has 8 heteroatoms. The second-order valence-electron chi connectivity index (χ2n) is 4.20. The van der Waals surface area contributed by atoms with Gasteiger partial charge < -0.3 is 10.7 Å². The van der Waals surface area contributed by atoms with Crippen LogP contribution in [-0.2, 0) is 0 Å². The molecule has 0 bridgehead atoms. The molecule has 108 valence electrons. The van der Waals surface area contributed by atoms with Gasteiger partial charge >= 0.3 is 51.4 Å². The molecule has 2 N–H and O–H groups in total. The van der Waals surface area contributed by atoms with E-state index in [2.05, 4.69) is 31.1 Å². The van der Waals surface area contributed by atoms with E-state index in [1.165, 1.54) is 39.2 Å². The van der Waals surface area contributed by atoms with Gasteiger partial charge in [-0.25, -0.2) is 4.98 Å². The van der Waals surface area contributed by atoms with Crippen molar-refractivity contribution in [2.45, 2.75) is 43.0 Å². The molecule has 0 aromatic carbocycles. The predicted octanol–water partition coefficient (Wildman–Crippen LogP) is 1.81. The molecule has 1 aliphatic carbocycles. The van der Waals surface area contributed by atoms with Gasteiger partial charge in [0.15, 0.2) is 0 Å². The van der Waals surface area contributed by atoms with E-state index in [1.54, 1.807) is 18.1 Å². The molecule has 1 aliphatic rings. The minimum atomic E-state index is 0. The number of hydrogen-bond donors (Lipinski definition) is 2. The molecule has 0 unspecified atom stereocenters. The van der Waals surface area contributed by atoms with Crippen molar-refractivity contribution in [3.8, 4) is 0 Å². The molecule has 2 rings (SSSR count). The molecule has 0 amide bonds. The molecule has 4 nitrogen and oxygen atoms in total. The SMILES string of the molecule is C[N-]O.Clc1ncc(SNC2CCCCC2)cc1Br.[K+]. The van der Waals surface area contributed by atoms with Crippen molar-refractivity contribution < 1.29 is 56.6 Å². The fourth-order valence-electron chi connectivity index (χ4n) is 1.83. The van der Waals surface area contributed by atoms with Gasteiger partial charge in [-0.15, -0.1) is 7.05 Å². The first-order valence-corrected chi connectivity index (χ1v) is 8.12. The van der Waals surface area contributed by atoms with Gasteiger partial charge in [-0.2, -0.15) is 0 Å². The molecular formula is C12H18BrClKN3OS. The van der Waals surface area contributed by atoms with Crippen LogP contribution in [0.4, 0.5) is 0 Å². The van der Waals surface area contributed by atoms with Gasteiger partial charge in [-0.3, -0.25) is 4.72 Å². The average molecular weight is 407 g/mol. The number of aromatic nitrogens is 1. The number of hydroxylamine groups is 1. The van der Waals surface area contributed by atoms with Crippen LogP contribution in [0.3, 0.4) is 0 Å². The summed E-state index contributed by atoms with van der Waals surface area (Å²) in [6.07, 6.45) is 8.45. The number of halogens is 2. The Bertz CT molecular complexity index is 384. The van der Waals surface area contributed by atoms with E-state index in [-0.39, 0.29) is 51.4 Å². The summed E-state index contributed by atoms with van der Waals surface area (Å²) >= 11 is 10.9. The standard InChI is InChI=1S/C11H14BrClN2S.CH4NO.K/c12-10-6-9(7-14-11(10)13)16-15-8-4-2-1-3-5-8;1-2-3;/h6-8,15H,1-5H2;3H,1H3;/q;-1;+1. The summed E-state index contributed by atoms with van der Waals surface area (Å²) in [5, 5.41) is 7.71. The van der Waals surface area contributed by atoms with Crippen molar-refractivity contribution in [2.24, 2.45) is 0 Å². The zero-order valence-electron chi connectivity index (χ0n) is 11.8. The molecule has 1 aromatic heterocycles. The van der Waals surface area contributed by atoms with Crippen LogP contribution >= 0.6 is 39.5 Å². The van der Waals surface area contributed by atoms with Crippen molar-refractivity contribution in [1.82, 2.24) is 9.71 Å². The summed E-state index contributed by atoms with van der Waals surface area (Å²) in [6.45, 7) is 0. The number of hydrogen-bond acceptors (Lipinski definition) is 4. The van der Waals surface area contributed by atoms with Gasteiger partial charge in [0.25, 0.3) is 0 Å². The molecule has 1 heterocycles. The third-order valence-electron chi connectivity index (χ3n) is 2.72. The van der Waals surface area contributed by atoms with Crippen LogP contribution in [0, 0.1) is 0 Å². The number of nitrogens with one attached hydrogen (secondary N) is 1. The quantitative estimate of drug-likeness (QED) is 0.348. The van der Waals surface area contributed by atoms with Crippen LogP contribution in [0.5, 0.6) is 0 Å². The monoisotopic (exact) mass is 405 g/mol.